The van der Waals surface area contributed by atoms with E-state index in [1.807, 2.05) is 4.90 Å². The van der Waals surface area contributed by atoms with Crippen molar-refractivity contribution >= 4 is 23.9 Å². The number of oxime groups is 1. The molecule has 2 heterocycles. The lowest BCUT2D eigenvalue weighted by Gasteiger charge is -2.34. The maximum Gasteiger partial charge on any atom is 0.407 e. The van der Waals surface area contributed by atoms with Gasteiger partial charge in [-0.3, -0.25) is 0 Å². The molecule has 9 heteroatoms. The first-order valence-corrected chi connectivity index (χ1v) is 6.03. The van der Waals surface area contributed by atoms with E-state index in [1.165, 1.54) is 24.6 Å². The van der Waals surface area contributed by atoms with Crippen molar-refractivity contribution in [2.45, 2.75) is 0 Å². The fourth-order valence-electron chi connectivity index (χ4n) is 1.99. The normalized spacial score (nSPS) is 15.7. The number of nitrogens with zero attached hydrogens (tertiary/aromatic N) is 5. The van der Waals surface area contributed by atoms with Gasteiger partial charge < -0.3 is 25.5 Å². The molecule has 0 aromatic carbocycles. The van der Waals surface area contributed by atoms with E-state index in [2.05, 4.69) is 20.0 Å². The molecule has 0 bridgehead atoms. The maximum atomic E-state index is 10.9. The van der Waals surface area contributed by atoms with Crippen molar-refractivity contribution in [2.24, 2.45) is 5.16 Å². The molecule has 1 aliphatic rings. The second-order valence-corrected chi connectivity index (χ2v) is 4.17. The van der Waals surface area contributed by atoms with Gasteiger partial charge in [0, 0.05) is 26.2 Å². The van der Waals surface area contributed by atoms with Crippen molar-refractivity contribution in [1.29, 1.82) is 0 Å². The summed E-state index contributed by atoms with van der Waals surface area (Å²) in [6.07, 6.45) is 1.92. The lowest BCUT2D eigenvalue weighted by atomic mass is 10.2. The largest absolute Gasteiger partial charge is 0.465 e. The van der Waals surface area contributed by atoms with Gasteiger partial charge in [-0.15, -0.1) is 0 Å². The average Bonchev–Trinajstić information content (AvgIpc) is 2.46. The van der Waals surface area contributed by atoms with Crippen LogP contribution in [0.3, 0.4) is 0 Å². The Bertz CT molecular complexity index is 513. The van der Waals surface area contributed by atoms with Crippen LogP contribution >= 0.6 is 0 Å². The molecule has 1 fully saturated rings. The fourth-order valence-corrected chi connectivity index (χ4v) is 1.99. The molecule has 20 heavy (non-hydrogen) atoms. The number of anilines is 2. The highest BCUT2D eigenvalue weighted by molar-refractivity contribution is 5.91. The molecule has 0 radical (unpaired) electrons. The lowest BCUT2D eigenvalue weighted by molar-refractivity contribution is 0.142. The number of carbonyl (C=O) groups is 1. The summed E-state index contributed by atoms with van der Waals surface area (Å²) < 4.78 is 0. The first-order chi connectivity index (χ1) is 9.63. The summed E-state index contributed by atoms with van der Waals surface area (Å²) in [5, 5.41) is 12.6. The smallest absolute Gasteiger partial charge is 0.407 e. The van der Waals surface area contributed by atoms with Crippen LogP contribution in [0.25, 0.3) is 0 Å². The van der Waals surface area contributed by atoms with Crippen molar-refractivity contribution in [2.75, 3.05) is 43.9 Å². The van der Waals surface area contributed by atoms with Gasteiger partial charge >= 0.3 is 6.09 Å². The van der Waals surface area contributed by atoms with E-state index in [0.29, 0.717) is 43.4 Å². The van der Waals surface area contributed by atoms with Crippen molar-refractivity contribution in [3.8, 4) is 0 Å². The second kappa shape index (κ2) is 6.04. The van der Waals surface area contributed by atoms with Gasteiger partial charge in [0.1, 0.15) is 25.1 Å². The number of piperazine rings is 1. The summed E-state index contributed by atoms with van der Waals surface area (Å²) in [6, 6.07) is 0. The quantitative estimate of drug-likeness (QED) is 0.583. The van der Waals surface area contributed by atoms with Gasteiger partial charge in [0.15, 0.2) is 0 Å². The zero-order valence-electron chi connectivity index (χ0n) is 11.1. The molecule has 1 aromatic rings. The van der Waals surface area contributed by atoms with Crippen LogP contribution in [0.15, 0.2) is 11.5 Å². The number of rotatable bonds is 3. The highest BCUT2D eigenvalue weighted by Crippen LogP contribution is 2.21. The van der Waals surface area contributed by atoms with Crippen LogP contribution in [0.1, 0.15) is 5.56 Å². The summed E-state index contributed by atoms with van der Waals surface area (Å²) in [5.74, 6) is 0.930. The summed E-state index contributed by atoms with van der Waals surface area (Å²) in [5.41, 5.74) is 6.38. The molecular weight excluding hydrogens is 264 g/mol. The monoisotopic (exact) mass is 280 g/mol. The zero-order valence-corrected chi connectivity index (χ0v) is 11.1. The third-order valence-electron chi connectivity index (χ3n) is 3.03. The third-order valence-corrected chi connectivity index (χ3v) is 3.03. The van der Waals surface area contributed by atoms with Gasteiger partial charge in [-0.05, 0) is 0 Å². The predicted octanol–water partition coefficient (Wildman–Crippen LogP) is -0.161. The minimum absolute atomic E-state index is 0.302. The van der Waals surface area contributed by atoms with Crippen molar-refractivity contribution in [3.05, 3.63) is 11.9 Å². The molecule has 1 aliphatic heterocycles. The number of nitrogen functional groups attached to an aromatic ring is 1. The molecule has 108 valence electrons. The van der Waals surface area contributed by atoms with E-state index in [1.54, 1.807) is 0 Å². The van der Waals surface area contributed by atoms with Crippen LogP contribution in [0.4, 0.5) is 16.4 Å². The summed E-state index contributed by atoms with van der Waals surface area (Å²) in [6.45, 7) is 1.91. The minimum Gasteiger partial charge on any atom is -0.465 e. The average molecular weight is 280 g/mol. The molecule has 3 N–H and O–H groups in total. The molecule has 1 saturated heterocycles. The number of carboxylic acid groups (broad SMARTS) is 1. The molecule has 2 rings (SSSR count). The van der Waals surface area contributed by atoms with E-state index in [-0.39, 0.29) is 0 Å². The zero-order chi connectivity index (χ0) is 14.5. The van der Waals surface area contributed by atoms with Crippen molar-refractivity contribution < 1.29 is 14.7 Å². The van der Waals surface area contributed by atoms with Gasteiger partial charge in [-0.2, -0.15) is 0 Å². The van der Waals surface area contributed by atoms with Gasteiger partial charge in [0.05, 0.1) is 11.8 Å². The Morgan fingerprint density at radius 2 is 2.15 bits per heavy atom. The van der Waals surface area contributed by atoms with Crippen LogP contribution in [0, 0.1) is 0 Å². The standard InChI is InChI=1S/C11H16N6O3/c1-20-15-6-8-9(12)13-7-14-10(8)16-2-4-17(5-3-16)11(18)19/h6-7H,2-5H2,1H3,(H,18,19)(H2,12,13,14)/b15-6+. The topological polar surface area (TPSA) is 117 Å². The molecule has 9 nitrogen and oxygen atoms in total. The van der Waals surface area contributed by atoms with Crippen LogP contribution < -0.4 is 10.6 Å². The second-order valence-electron chi connectivity index (χ2n) is 4.17. The Labute approximate surface area is 115 Å². The lowest BCUT2D eigenvalue weighted by Crippen LogP contribution is -2.48. The summed E-state index contributed by atoms with van der Waals surface area (Å²) in [7, 11) is 1.43. The predicted molar refractivity (Wildman–Crippen MR) is 72.9 cm³/mol. The molecular formula is C11H16N6O3. The van der Waals surface area contributed by atoms with Crippen molar-refractivity contribution in [1.82, 2.24) is 14.9 Å². The maximum absolute atomic E-state index is 10.9. The van der Waals surface area contributed by atoms with Crippen LogP contribution in [-0.4, -0.2) is 65.6 Å². The molecule has 0 spiro atoms. The van der Waals surface area contributed by atoms with Gasteiger partial charge in [0.25, 0.3) is 0 Å². The Morgan fingerprint density at radius 1 is 1.45 bits per heavy atom. The highest BCUT2D eigenvalue weighted by Gasteiger charge is 2.23. The van der Waals surface area contributed by atoms with Crippen LogP contribution in [0.2, 0.25) is 0 Å². The van der Waals surface area contributed by atoms with E-state index in [0.717, 1.165) is 0 Å². The first kappa shape index (κ1) is 13.8. The summed E-state index contributed by atoms with van der Waals surface area (Å²) >= 11 is 0. The minimum atomic E-state index is -0.909. The molecule has 0 unspecified atom stereocenters. The Morgan fingerprint density at radius 3 is 2.75 bits per heavy atom. The SMILES string of the molecule is CO/N=C/c1c(N)ncnc1N1CCN(C(=O)O)CC1. The van der Waals surface area contributed by atoms with Crippen LogP contribution in [0.5, 0.6) is 0 Å². The van der Waals surface area contributed by atoms with E-state index in [4.69, 9.17) is 10.8 Å². The molecule has 1 aromatic heterocycles. The van der Waals surface area contributed by atoms with E-state index in [9.17, 15) is 4.79 Å². The van der Waals surface area contributed by atoms with Crippen molar-refractivity contribution in [3.63, 3.8) is 0 Å². The highest BCUT2D eigenvalue weighted by atomic mass is 16.6. The van der Waals surface area contributed by atoms with E-state index >= 15 is 0 Å². The molecule has 0 saturated carbocycles. The third kappa shape index (κ3) is 2.87. The molecule has 0 atom stereocenters. The van der Waals surface area contributed by atoms with Gasteiger partial charge in [0.2, 0.25) is 0 Å². The number of amides is 1. The molecule has 0 aliphatic carbocycles. The Kier molecular flexibility index (Phi) is 4.18. The number of hydrogen-bond donors (Lipinski definition) is 2. The van der Waals surface area contributed by atoms with Gasteiger partial charge in [-0.25, -0.2) is 14.8 Å². The fraction of sp³-hybridized carbons (Fsp3) is 0.455. The molecule has 1 amide bonds. The van der Waals surface area contributed by atoms with Crippen LogP contribution in [-0.2, 0) is 4.84 Å². The first-order valence-electron chi connectivity index (χ1n) is 6.03. The van der Waals surface area contributed by atoms with E-state index < -0.39 is 6.09 Å². The number of nitrogens with two attached hydrogens (primary N) is 1. The summed E-state index contributed by atoms with van der Waals surface area (Å²) in [4.78, 5) is 27.0. The van der Waals surface area contributed by atoms with Gasteiger partial charge in [-0.1, -0.05) is 5.16 Å². The Hall–Kier alpha value is -2.58. The Balaban J connectivity index is 2.19. The number of hydrogen-bond acceptors (Lipinski definition) is 7. The number of aromatic nitrogens is 2.